The summed E-state index contributed by atoms with van der Waals surface area (Å²) in [7, 11) is 0. The van der Waals surface area contributed by atoms with Crippen molar-refractivity contribution < 1.29 is 4.74 Å². The molecule has 4 nitrogen and oxygen atoms in total. The number of benzene rings is 1. The van der Waals surface area contributed by atoms with E-state index in [1.165, 1.54) is 32.1 Å². The monoisotopic (exact) mass is 379 g/mol. The fourth-order valence-corrected chi connectivity index (χ4v) is 4.31. The van der Waals surface area contributed by atoms with Crippen molar-refractivity contribution in [3.63, 3.8) is 0 Å². The Bertz CT molecular complexity index is 670. The molecule has 1 aliphatic rings. The minimum Gasteiger partial charge on any atom is -0.381 e. The first kappa shape index (κ1) is 18.7. The van der Waals surface area contributed by atoms with Gasteiger partial charge in [-0.1, -0.05) is 61.7 Å². The highest BCUT2D eigenvalue weighted by atomic mass is 35.5. The van der Waals surface area contributed by atoms with Crippen molar-refractivity contribution >= 4 is 23.4 Å². The molecule has 1 aromatic carbocycles. The lowest BCUT2D eigenvalue weighted by molar-refractivity contribution is 0.147. The Morgan fingerprint density at radius 1 is 1.20 bits per heavy atom. The summed E-state index contributed by atoms with van der Waals surface area (Å²) in [4.78, 5) is 0. The lowest BCUT2D eigenvalue weighted by Crippen LogP contribution is -2.09. The van der Waals surface area contributed by atoms with E-state index in [0.29, 0.717) is 6.04 Å². The maximum atomic E-state index is 6.41. The quantitative estimate of drug-likeness (QED) is 0.418. The zero-order chi connectivity index (χ0) is 17.5. The molecule has 25 heavy (non-hydrogen) atoms. The molecule has 1 aliphatic carbocycles. The van der Waals surface area contributed by atoms with Gasteiger partial charge in [0.25, 0.3) is 0 Å². The molecular weight excluding hydrogens is 354 g/mol. The molecule has 0 saturated heterocycles. The molecule has 0 spiro atoms. The van der Waals surface area contributed by atoms with Gasteiger partial charge in [-0.25, -0.2) is 0 Å². The number of hydrogen-bond acceptors (Lipinski definition) is 4. The van der Waals surface area contributed by atoms with Crippen molar-refractivity contribution in [2.75, 3.05) is 19.0 Å². The van der Waals surface area contributed by atoms with E-state index in [9.17, 15) is 0 Å². The number of rotatable bonds is 9. The van der Waals surface area contributed by atoms with Gasteiger partial charge >= 0.3 is 0 Å². The third-order valence-electron chi connectivity index (χ3n) is 4.57. The molecule has 1 heterocycles. The summed E-state index contributed by atoms with van der Waals surface area (Å²) in [5.74, 6) is 1.80. The van der Waals surface area contributed by atoms with E-state index in [2.05, 4.69) is 21.7 Å². The highest BCUT2D eigenvalue weighted by Gasteiger charge is 2.25. The largest absolute Gasteiger partial charge is 0.381 e. The number of nitrogens with zero attached hydrogens (tertiary/aromatic N) is 3. The Labute approximate surface area is 159 Å². The van der Waals surface area contributed by atoms with Crippen molar-refractivity contribution in [1.29, 1.82) is 0 Å². The average Bonchev–Trinajstić information content (AvgIpc) is 3.27. The van der Waals surface area contributed by atoms with E-state index >= 15 is 0 Å². The van der Waals surface area contributed by atoms with Gasteiger partial charge in [-0.2, -0.15) is 0 Å². The lowest BCUT2D eigenvalue weighted by Gasteiger charge is -2.17. The van der Waals surface area contributed by atoms with Crippen molar-refractivity contribution in [3.8, 4) is 11.4 Å². The fraction of sp³-hybridized carbons (Fsp3) is 0.579. The van der Waals surface area contributed by atoms with Crippen LogP contribution in [0.4, 0.5) is 0 Å². The van der Waals surface area contributed by atoms with Gasteiger partial charge in [-0.3, -0.25) is 4.57 Å². The fourth-order valence-electron chi connectivity index (χ4n) is 3.23. The Morgan fingerprint density at radius 3 is 2.76 bits per heavy atom. The SMILES string of the molecule is CCCCOCCSc1nnc(-c2ccccc2Cl)n1C1CCCC1. The molecule has 1 fully saturated rings. The van der Waals surface area contributed by atoms with E-state index in [-0.39, 0.29) is 0 Å². The molecule has 6 heteroatoms. The summed E-state index contributed by atoms with van der Waals surface area (Å²) in [6.07, 6.45) is 7.22. The van der Waals surface area contributed by atoms with Crippen LogP contribution in [0, 0.1) is 0 Å². The standard InChI is InChI=1S/C19H26ClN3OS/c1-2-3-12-24-13-14-25-19-22-21-18(16-10-6-7-11-17(16)20)23(19)15-8-4-5-9-15/h6-7,10-11,15H,2-5,8-9,12-14H2,1H3. The highest BCUT2D eigenvalue weighted by molar-refractivity contribution is 7.99. The predicted molar refractivity (Wildman–Crippen MR) is 104 cm³/mol. The van der Waals surface area contributed by atoms with Gasteiger partial charge in [0.2, 0.25) is 0 Å². The number of thioether (sulfide) groups is 1. The first-order chi connectivity index (χ1) is 12.3. The van der Waals surface area contributed by atoms with Crippen molar-refractivity contribution in [2.24, 2.45) is 0 Å². The number of halogens is 1. The van der Waals surface area contributed by atoms with Crippen LogP contribution in [0.3, 0.4) is 0 Å². The molecule has 0 atom stereocenters. The van der Waals surface area contributed by atoms with Gasteiger partial charge in [0, 0.05) is 24.0 Å². The minimum absolute atomic E-state index is 0.477. The van der Waals surface area contributed by atoms with Gasteiger partial charge in [-0.15, -0.1) is 10.2 Å². The summed E-state index contributed by atoms with van der Waals surface area (Å²) in [5, 5.41) is 10.7. The smallest absolute Gasteiger partial charge is 0.191 e. The van der Waals surface area contributed by atoms with Gasteiger partial charge in [0.05, 0.1) is 11.6 Å². The van der Waals surface area contributed by atoms with E-state index in [0.717, 1.165) is 47.0 Å². The maximum Gasteiger partial charge on any atom is 0.191 e. The summed E-state index contributed by atoms with van der Waals surface area (Å²) < 4.78 is 7.98. The Hall–Kier alpha value is -1.04. The number of ether oxygens (including phenoxy) is 1. The highest BCUT2D eigenvalue weighted by Crippen LogP contribution is 2.38. The van der Waals surface area contributed by atoms with E-state index in [4.69, 9.17) is 16.3 Å². The molecule has 0 unspecified atom stereocenters. The topological polar surface area (TPSA) is 39.9 Å². The lowest BCUT2D eigenvalue weighted by atomic mass is 10.2. The van der Waals surface area contributed by atoms with Crippen LogP contribution in [0.25, 0.3) is 11.4 Å². The van der Waals surface area contributed by atoms with Crippen LogP contribution in [0.2, 0.25) is 5.02 Å². The Kier molecular flexibility index (Phi) is 7.20. The Balaban J connectivity index is 1.75. The summed E-state index contributed by atoms with van der Waals surface area (Å²) in [5.41, 5.74) is 0.967. The minimum atomic E-state index is 0.477. The predicted octanol–water partition coefficient (Wildman–Crippen LogP) is 5.62. The zero-order valence-electron chi connectivity index (χ0n) is 14.8. The van der Waals surface area contributed by atoms with Crippen LogP contribution >= 0.6 is 23.4 Å². The van der Waals surface area contributed by atoms with Gasteiger partial charge < -0.3 is 4.74 Å². The molecule has 0 amide bonds. The molecule has 2 aromatic rings. The first-order valence-corrected chi connectivity index (χ1v) is 10.6. The van der Waals surface area contributed by atoms with Gasteiger partial charge in [0.15, 0.2) is 11.0 Å². The third kappa shape index (κ3) is 4.78. The zero-order valence-corrected chi connectivity index (χ0v) is 16.4. The molecule has 0 bridgehead atoms. The van der Waals surface area contributed by atoms with Crippen molar-refractivity contribution in [1.82, 2.24) is 14.8 Å². The molecule has 1 saturated carbocycles. The molecule has 0 radical (unpaired) electrons. The first-order valence-electron chi connectivity index (χ1n) is 9.21. The van der Waals surface area contributed by atoms with E-state index in [1.54, 1.807) is 11.8 Å². The molecular formula is C19H26ClN3OS. The van der Waals surface area contributed by atoms with Crippen LogP contribution in [0.5, 0.6) is 0 Å². The van der Waals surface area contributed by atoms with Gasteiger partial charge in [-0.05, 0) is 31.4 Å². The van der Waals surface area contributed by atoms with E-state index in [1.807, 2.05) is 24.3 Å². The second kappa shape index (κ2) is 9.60. The summed E-state index contributed by atoms with van der Waals surface area (Å²) in [6, 6.07) is 8.37. The Morgan fingerprint density at radius 2 is 2.00 bits per heavy atom. The van der Waals surface area contributed by atoms with Crippen LogP contribution in [-0.4, -0.2) is 33.7 Å². The number of hydrogen-bond donors (Lipinski definition) is 0. The van der Waals surface area contributed by atoms with Gasteiger partial charge in [0.1, 0.15) is 0 Å². The van der Waals surface area contributed by atoms with Crippen LogP contribution in [0.15, 0.2) is 29.4 Å². The summed E-state index contributed by atoms with van der Waals surface area (Å²) >= 11 is 8.15. The molecule has 136 valence electrons. The number of aromatic nitrogens is 3. The normalized spacial score (nSPS) is 15.1. The maximum absolute atomic E-state index is 6.41. The van der Waals surface area contributed by atoms with Crippen LogP contribution < -0.4 is 0 Å². The van der Waals surface area contributed by atoms with E-state index < -0.39 is 0 Å². The van der Waals surface area contributed by atoms with Crippen molar-refractivity contribution in [2.45, 2.75) is 56.6 Å². The molecule has 1 aromatic heterocycles. The van der Waals surface area contributed by atoms with Crippen LogP contribution in [0.1, 0.15) is 51.5 Å². The second-order valence-electron chi connectivity index (χ2n) is 6.41. The average molecular weight is 380 g/mol. The second-order valence-corrected chi connectivity index (χ2v) is 7.88. The van der Waals surface area contributed by atoms with Crippen molar-refractivity contribution in [3.05, 3.63) is 29.3 Å². The molecule has 3 rings (SSSR count). The van der Waals surface area contributed by atoms with Crippen LogP contribution in [-0.2, 0) is 4.74 Å². The third-order valence-corrected chi connectivity index (χ3v) is 5.81. The summed E-state index contributed by atoms with van der Waals surface area (Å²) in [6.45, 7) is 3.78. The molecule has 0 N–H and O–H groups in total. The number of unbranched alkanes of at least 4 members (excludes halogenated alkanes) is 1. The molecule has 0 aliphatic heterocycles.